The predicted octanol–water partition coefficient (Wildman–Crippen LogP) is 4.05. The molecule has 0 saturated heterocycles. The van der Waals surface area contributed by atoms with Gasteiger partial charge in [-0.05, 0) is 59.2 Å². The summed E-state index contributed by atoms with van der Waals surface area (Å²) in [5.41, 5.74) is 3.05. The third kappa shape index (κ3) is 2.91. The van der Waals surface area contributed by atoms with Crippen LogP contribution < -0.4 is 0 Å². The summed E-state index contributed by atoms with van der Waals surface area (Å²) < 4.78 is 1.96. The largest absolute Gasteiger partial charge is 0.481 e. The van der Waals surface area contributed by atoms with Crippen LogP contribution in [0.2, 0.25) is 5.02 Å². The van der Waals surface area contributed by atoms with E-state index in [1.54, 1.807) is 6.07 Å². The number of rotatable bonds is 3. The van der Waals surface area contributed by atoms with Crippen molar-refractivity contribution in [2.24, 2.45) is 5.92 Å². The van der Waals surface area contributed by atoms with Gasteiger partial charge in [-0.1, -0.05) is 23.7 Å². The van der Waals surface area contributed by atoms with Crippen LogP contribution in [-0.4, -0.2) is 26.8 Å². The maximum absolute atomic E-state index is 13.2. The molecule has 5 nitrogen and oxygen atoms in total. The fourth-order valence-corrected chi connectivity index (χ4v) is 4.40. The molecule has 2 aliphatic rings. The Morgan fingerprint density at radius 1 is 1.28 bits per heavy atom. The van der Waals surface area contributed by atoms with Crippen LogP contribution in [0.1, 0.15) is 52.4 Å². The second kappa shape index (κ2) is 6.25. The number of hydrogen-bond donors (Lipinski definition) is 1. The van der Waals surface area contributed by atoms with Gasteiger partial charge < -0.3 is 5.11 Å². The van der Waals surface area contributed by atoms with Gasteiger partial charge in [0, 0.05) is 12.0 Å². The van der Waals surface area contributed by atoms with Gasteiger partial charge in [0.25, 0.3) is 5.91 Å². The summed E-state index contributed by atoms with van der Waals surface area (Å²) in [5.74, 6) is -1.23. The number of halogens is 2. The lowest BCUT2D eigenvalue weighted by atomic mass is 9.88. The smallest absolute Gasteiger partial charge is 0.306 e. The number of carboxylic acid groups (broad SMARTS) is 1. The van der Waals surface area contributed by atoms with Gasteiger partial charge in [-0.25, -0.2) is 0 Å². The van der Waals surface area contributed by atoms with Gasteiger partial charge in [-0.2, -0.15) is 9.78 Å². The van der Waals surface area contributed by atoms with E-state index >= 15 is 0 Å². The van der Waals surface area contributed by atoms with Crippen molar-refractivity contribution in [2.45, 2.75) is 38.0 Å². The SMILES string of the molecule is O=C(O)C1CCc2c(Br)nn(C(=O)c3c(Cl)cccc3C3CC3)c2C1. The molecule has 1 heterocycles. The van der Waals surface area contributed by atoms with E-state index in [4.69, 9.17) is 11.6 Å². The zero-order valence-corrected chi connectivity index (χ0v) is 15.7. The molecule has 1 N–H and O–H groups in total. The first-order valence-corrected chi connectivity index (χ1v) is 9.46. The maximum atomic E-state index is 13.2. The molecule has 1 aromatic heterocycles. The molecule has 2 aliphatic carbocycles. The molecule has 0 amide bonds. The molecule has 1 atom stereocenters. The monoisotopic (exact) mass is 422 g/mol. The van der Waals surface area contributed by atoms with Crippen LogP contribution in [0, 0.1) is 5.92 Å². The van der Waals surface area contributed by atoms with E-state index < -0.39 is 11.9 Å². The van der Waals surface area contributed by atoms with E-state index in [0.717, 1.165) is 24.0 Å². The quantitative estimate of drug-likeness (QED) is 0.808. The lowest BCUT2D eigenvalue weighted by Gasteiger charge is -2.20. The molecule has 25 heavy (non-hydrogen) atoms. The minimum absolute atomic E-state index is 0.277. The Balaban J connectivity index is 1.79. The first kappa shape index (κ1) is 16.8. The molecule has 130 valence electrons. The van der Waals surface area contributed by atoms with Gasteiger partial charge in [0.15, 0.2) is 0 Å². The number of aromatic nitrogens is 2. The lowest BCUT2D eigenvalue weighted by Crippen LogP contribution is -2.26. The Labute approximate surface area is 158 Å². The molecule has 1 aromatic carbocycles. The first-order chi connectivity index (χ1) is 12.0. The van der Waals surface area contributed by atoms with Crippen molar-refractivity contribution in [2.75, 3.05) is 0 Å². The summed E-state index contributed by atoms with van der Waals surface area (Å²) in [6.45, 7) is 0. The van der Waals surface area contributed by atoms with Gasteiger partial charge in [-0.15, -0.1) is 0 Å². The molecule has 7 heteroatoms. The summed E-state index contributed by atoms with van der Waals surface area (Å²) in [4.78, 5) is 24.6. The Kier molecular flexibility index (Phi) is 4.20. The van der Waals surface area contributed by atoms with E-state index in [1.165, 1.54) is 4.68 Å². The number of carbonyl (C=O) groups is 2. The number of carboxylic acids is 1. The Morgan fingerprint density at radius 2 is 2.04 bits per heavy atom. The molecule has 1 saturated carbocycles. The van der Waals surface area contributed by atoms with Crippen LogP contribution in [-0.2, 0) is 17.6 Å². The van der Waals surface area contributed by atoms with Gasteiger partial charge in [0.1, 0.15) is 4.60 Å². The zero-order valence-electron chi connectivity index (χ0n) is 13.3. The molecule has 0 aliphatic heterocycles. The summed E-state index contributed by atoms with van der Waals surface area (Å²) in [5, 5.41) is 14.1. The van der Waals surface area contributed by atoms with Crippen molar-refractivity contribution in [3.63, 3.8) is 0 Å². The summed E-state index contributed by atoms with van der Waals surface area (Å²) in [7, 11) is 0. The van der Waals surface area contributed by atoms with Crippen LogP contribution in [0.4, 0.5) is 0 Å². The first-order valence-electron chi connectivity index (χ1n) is 8.29. The molecule has 1 unspecified atom stereocenters. The second-order valence-electron chi connectivity index (χ2n) is 6.69. The van der Waals surface area contributed by atoms with E-state index in [0.29, 0.717) is 46.1 Å². The number of carbonyl (C=O) groups excluding carboxylic acids is 1. The number of aliphatic carboxylic acids is 1. The molecular formula is C18H16BrClN2O3. The van der Waals surface area contributed by atoms with Gasteiger partial charge in [-0.3, -0.25) is 9.59 Å². The van der Waals surface area contributed by atoms with E-state index in [-0.39, 0.29) is 5.91 Å². The van der Waals surface area contributed by atoms with Gasteiger partial charge >= 0.3 is 5.97 Å². The topological polar surface area (TPSA) is 72.2 Å². The van der Waals surface area contributed by atoms with Crippen LogP contribution in [0.3, 0.4) is 0 Å². The normalized spacial score (nSPS) is 19.5. The van der Waals surface area contributed by atoms with Crippen molar-refractivity contribution in [1.29, 1.82) is 0 Å². The minimum Gasteiger partial charge on any atom is -0.481 e. The van der Waals surface area contributed by atoms with Crippen molar-refractivity contribution in [3.05, 3.63) is 50.2 Å². The lowest BCUT2D eigenvalue weighted by molar-refractivity contribution is -0.142. The average Bonchev–Trinajstić information content (AvgIpc) is 3.38. The van der Waals surface area contributed by atoms with Crippen LogP contribution >= 0.6 is 27.5 Å². The summed E-state index contributed by atoms with van der Waals surface area (Å²) in [6, 6.07) is 5.52. The van der Waals surface area contributed by atoms with Crippen LogP contribution in [0.5, 0.6) is 0 Å². The molecule has 1 fully saturated rings. The zero-order chi connectivity index (χ0) is 17.7. The van der Waals surface area contributed by atoms with E-state index in [2.05, 4.69) is 21.0 Å². The van der Waals surface area contributed by atoms with Gasteiger partial charge in [0.2, 0.25) is 0 Å². The van der Waals surface area contributed by atoms with Crippen molar-refractivity contribution >= 4 is 39.4 Å². The summed E-state index contributed by atoms with van der Waals surface area (Å²) in [6.07, 6.45) is 3.57. The fourth-order valence-electron chi connectivity index (χ4n) is 3.55. The number of hydrogen-bond acceptors (Lipinski definition) is 3. The molecule has 0 spiro atoms. The predicted molar refractivity (Wildman–Crippen MR) is 96.2 cm³/mol. The second-order valence-corrected chi connectivity index (χ2v) is 7.85. The maximum Gasteiger partial charge on any atom is 0.306 e. The van der Waals surface area contributed by atoms with Crippen molar-refractivity contribution in [1.82, 2.24) is 9.78 Å². The molecule has 0 bridgehead atoms. The Bertz CT molecular complexity index is 889. The fraction of sp³-hybridized carbons (Fsp3) is 0.389. The molecule has 0 radical (unpaired) electrons. The van der Waals surface area contributed by atoms with E-state index in [1.807, 2.05) is 12.1 Å². The Hall–Kier alpha value is -1.66. The summed E-state index contributed by atoms with van der Waals surface area (Å²) >= 11 is 9.76. The third-order valence-electron chi connectivity index (χ3n) is 5.04. The Morgan fingerprint density at radius 3 is 2.72 bits per heavy atom. The molecule has 4 rings (SSSR count). The number of nitrogens with zero attached hydrogens (tertiary/aromatic N) is 2. The number of benzene rings is 1. The highest BCUT2D eigenvalue weighted by atomic mass is 79.9. The molecule has 2 aromatic rings. The van der Waals surface area contributed by atoms with E-state index in [9.17, 15) is 14.7 Å². The standard InChI is InChI=1S/C18H16BrClN2O3/c19-16-12-7-6-10(18(24)25)8-14(12)22(21-16)17(23)15-11(9-4-5-9)2-1-3-13(15)20/h1-3,9-10H,4-8H2,(H,24,25). The minimum atomic E-state index is -0.835. The van der Waals surface area contributed by atoms with Crippen LogP contribution in [0.15, 0.2) is 22.8 Å². The molecular weight excluding hydrogens is 408 g/mol. The van der Waals surface area contributed by atoms with Crippen molar-refractivity contribution < 1.29 is 14.7 Å². The number of fused-ring (bicyclic) bond motifs is 1. The average molecular weight is 424 g/mol. The third-order valence-corrected chi connectivity index (χ3v) is 5.99. The van der Waals surface area contributed by atoms with Crippen LogP contribution in [0.25, 0.3) is 0 Å². The van der Waals surface area contributed by atoms with Gasteiger partial charge in [0.05, 0.1) is 22.2 Å². The highest BCUT2D eigenvalue weighted by Gasteiger charge is 2.34. The highest BCUT2D eigenvalue weighted by Crippen LogP contribution is 2.43. The highest BCUT2D eigenvalue weighted by molar-refractivity contribution is 9.10. The van der Waals surface area contributed by atoms with Crippen molar-refractivity contribution in [3.8, 4) is 0 Å².